The summed E-state index contributed by atoms with van der Waals surface area (Å²) in [7, 11) is 0. The minimum atomic E-state index is 0.509. The molecule has 0 bridgehead atoms. The quantitative estimate of drug-likeness (QED) is 0.492. The minimum Gasteiger partial charge on any atom is -0.266 e. The first-order valence-corrected chi connectivity index (χ1v) is 9.54. The lowest BCUT2D eigenvalue weighted by molar-refractivity contribution is 0.834. The van der Waals surface area contributed by atoms with E-state index in [1.54, 1.807) is 46.0 Å². The maximum atomic E-state index is 7.39. The Kier molecular flexibility index (Phi) is 4.60. The zero-order valence-corrected chi connectivity index (χ0v) is 15.9. The second-order valence-electron chi connectivity index (χ2n) is 6.13. The Morgan fingerprint density at radius 3 is 2.93 bits per heavy atom. The lowest BCUT2D eigenvalue weighted by Gasteiger charge is -2.09. The molecule has 134 valence electrons. The largest absolute Gasteiger partial charge is 0.266 e. The van der Waals surface area contributed by atoms with Crippen LogP contribution in [0.3, 0.4) is 0 Å². The highest BCUT2D eigenvalue weighted by atomic mass is 32.1. The number of thiazole rings is 1. The van der Waals surface area contributed by atoms with Gasteiger partial charge in [-0.2, -0.15) is 5.10 Å². The average Bonchev–Trinajstić information content (AvgIpc) is 3.29. The van der Waals surface area contributed by atoms with Crippen molar-refractivity contribution in [3.63, 3.8) is 0 Å². The molecule has 0 atom stereocenters. The predicted molar refractivity (Wildman–Crippen MR) is 104 cm³/mol. The van der Waals surface area contributed by atoms with Gasteiger partial charge in [0.1, 0.15) is 12.2 Å². The van der Waals surface area contributed by atoms with Gasteiger partial charge in [0.25, 0.3) is 0 Å². The van der Waals surface area contributed by atoms with Gasteiger partial charge < -0.3 is 0 Å². The minimum absolute atomic E-state index is 0.509. The molecule has 0 amide bonds. The van der Waals surface area contributed by atoms with Gasteiger partial charge >= 0.3 is 0 Å². The Morgan fingerprint density at radius 1 is 1.22 bits per heavy atom. The molecule has 0 aliphatic rings. The normalized spacial score (nSPS) is 11.0. The molecule has 0 spiro atoms. The smallest absolute Gasteiger partial charge is 0.214 e. The van der Waals surface area contributed by atoms with Crippen molar-refractivity contribution in [2.75, 3.05) is 0 Å². The molecule has 27 heavy (non-hydrogen) atoms. The Labute approximate surface area is 160 Å². The Balaban J connectivity index is 1.79. The molecule has 0 saturated heterocycles. The fraction of sp³-hybridized carbons (Fsp3) is 0.263. The van der Waals surface area contributed by atoms with Gasteiger partial charge in [0.05, 0.1) is 29.2 Å². The van der Waals surface area contributed by atoms with Crippen molar-refractivity contribution >= 4 is 22.7 Å². The SMILES string of the molecule is [C-]#[N+]c1cccnc1-c1ncsc1Cc1ncn2nc(C)nc2c1CCC. The highest BCUT2D eigenvalue weighted by molar-refractivity contribution is 7.10. The van der Waals surface area contributed by atoms with E-state index in [1.165, 1.54) is 0 Å². The summed E-state index contributed by atoms with van der Waals surface area (Å²) in [5.41, 5.74) is 6.65. The first kappa shape index (κ1) is 17.2. The Hall–Kier alpha value is -3.18. The third kappa shape index (κ3) is 3.17. The molecule has 0 N–H and O–H groups in total. The van der Waals surface area contributed by atoms with Crippen LogP contribution in [0.2, 0.25) is 0 Å². The molecule has 0 fully saturated rings. The first-order chi connectivity index (χ1) is 13.2. The van der Waals surface area contributed by atoms with E-state index in [2.05, 4.69) is 36.8 Å². The number of fused-ring (bicyclic) bond motifs is 1. The lowest BCUT2D eigenvalue weighted by Crippen LogP contribution is -2.04. The summed E-state index contributed by atoms with van der Waals surface area (Å²) in [6.07, 6.45) is 5.92. The molecule has 4 rings (SSSR count). The molecule has 0 saturated carbocycles. The van der Waals surface area contributed by atoms with E-state index in [4.69, 9.17) is 6.57 Å². The second-order valence-corrected chi connectivity index (χ2v) is 7.07. The molecular formula is C19H17N7S. The van der Waals surface area contributed by atoms with Crippen molar-refractivity contribution < 1.29 is 0 Å². The monoisotopic (exact) mass is 375 g/mol. The maximum absolute atomic E-state index is 7.39. The lowest BCUT2D eigenvalue weighted by atomic mass is 10.1. The predicted octanol–water partition coefficient (Wildman–Crippen LogP) is 4.05. The van der Waals surface area contributed by atoms with Crippen LogP contribution in [0.25, 0.3) is 21.9 Å². The second kappa shape index (κ2) is 7.21. The van der Waals surface area contributed by atoms with Gasteiger partial charge in [0.15, 0.2) is 5.65 Å². The van der Waals surface area contributed by atoms with Gasteiger partial charge in [0, 0.05) is 23.1 Å². The third-order valence-corrected chi connectivity index (χ3v) is 5.11. The molecule has 0 aromatic carbocycles. The summed E-state index contributed by atoms with van der Waals surface area (Å²) in [6.45, 7) is 11.4. The number of aryl methyl sites for hydroxylation is 2. The molecular weight excluding hydrogens is 358 g/mol. The standard InChI is InChI=1S/C19H17N7S/c1-4-6-13-15(22-10-26-19(13)24-12(2)25-26)9-16-18(23-11-27-16)17-14(20-3)7-5-8-21-17/h5,7-8,10-11H,4,6,9H2,1-2H3. The van der Waals surface area contributed by atoms with Crippen molar-refractivity contribution in [2.24, 2.45) is 0 Å². The zero-order valence-electron chi connectivity index (χ0n) is 15.0. The Bertz CT molecular complexity index is 1150. The van der Waals surface area contributed by atoms with Crippen molar-refractivity contribution in [2.45, 2.75) is 33.1 Å². The zero-order chi connectivity index (χ0) is 18.8. The molecule has 0 aliphatic heterocycles. The van der Waals surface area contributed by atoms with E-state index in [9.17, 15) is 0 Å². The van der Waals surface area contributed by atoms with Gasteiger partial charge in [-0.15, -0.1) is 11.3 Å². The summed E-state index contributed by atoms with van der Waals surface area (Å²) in [6, 6.07) is 3.54. The summed E-state index contributed by atoms with van der Waals surface area (Å²) in [4.78, 5) is 22.7. The third-order valence-electron chi connectivity index (χ3n) is 4.28. The first-order valence-electron chi connectivity index (χ1n) is 8.66. The highest BCUT2D eigenvalue weighted by Crippen LogP contribution is 2.33. The summed E-state index contributed by atoms with van der Waals surface area (Å²) < 4.78 is 1.74. The van der Waals surface area contributed by atoms with Crippen molar-refractivity contribution in [1.82, 2.24) is 29.5 Å². The van der Waals surface area contributed by atoms with Crippen molar-refractivity contribution in [1.29, 1.82) is 0 Å². The van der Waals surface area contributed by atoms with Crippen LogP contribution in [-0.4, -0.2) is 29.5 Å². The van der Waals surface area contributed by atoms with Gasteiger partial charge in [-0.25, -0.2) is 24.3 Å². The summed E-state index contributed by atoms with van der Waals surface area (Å²) in [5.74, 6) is 0.736. The number of nitrogens with zero attached hydrogens (tertiary/aromatic N) is 7. The number of pyridine rings is 1. The molecule has 8 heteroatoms. The average molecular weight is 375 g/mol. The molecule has 0 aliphatic carbocycles. The van der Waals surface area contributed by atoms with Crippen LogP contribution in [0.15, 0.2) is 30.2 Å². The molecule has 7 nitrogen and oxygen atoms in total. The van der Waals surface area contributed by atoms with Crippen LogP contribution in [0.5, 0.6) is 0 Å². The van der Waals surface area contributed by atoms with Gasteiger partial charge in [-0.3, -0.25) is 4.98 Å². The molecule has 0 unspecified atom stereocenters. The van der Waals surface area contributed by atoms with E-state index < -0.39 is 0 Å². The van der Waals surface area contributed by atoms with E-state index in [0.29, 0.717) is 17.8 Å². The molecule has 4 heterocycles. The number of aromatic nitrogens is 6. The summed E-state index contributed by atoms with van der Waals surface area (Å²) >= 11 is 1.56. The van der Waals surface area contributed by atoms with Crippen LogP contribution in [0.1, 0.15) is 35.3 Å². The van der Waals surface area contributed by atoms with Crippen LogP contribution < -0.4 is 0 Å². The van der Waals surface area contributed by atoms with Crippen LogP contribution >= 0.6 is 11.3 Å². The number of hydrogen-bond donors (Lipinski definition) is 0. The number of hydrogen-bond acceptors (Lipinski definition) is 6. The molecule has 4 aromatic rings. The van der Waals surface area contributed by atoms with Crippen molar-refractivity contribution in [3.05, 3.63) is 63.5 Å². The molecule has 4 aromatic heterocycles. The number of rotatable bonds is 5. The van der Waals surface area contributed by atoms with Crippen LogP contribution in [-0.2, 0) is 12.8 Å². The molecule has 0 radical (unpaired) electrons. The highest BCUT2D eigenvalue weighted by Gasteiger charge is 2.18. The fourth-order valence-corrected chi connectivity index (χ4v) is 3.88. The fourth-order valence-electron chi connectivity index (χ4n) is 3.12. The van der Waals surface area contributed by atoms with Crippen LogP contribution in [0.4, 0.5) is 5.69 Å². The van der Waals surface area contributed by atoms with Crippen LogP contribution in [0, 0.1) is 13.5 Å². The maximum Gasteiger partial charge on any atom is 0.214 e. The van der Waals surface area contributed by atoms with Gasteiger partial charge in [-0.05, 0) is 13.3 Å². The van der Waals surface area contributed by atoms with E-state index in [1.807, 2.05) is 6.92 Å². The summed E-state index contributed by atoms with van der Waals surface area (Å²) in [5, 5.41) is 4.37. The van der Waals surface area contributed by atoms with E-state index in [-0.39, 0.29) is 0 Å². The topological polar surface area (TPSA) is 73.2 Å². The van der Waals surface area contributed by atoms with E-state index >= 15 is 0 Å². The Morgan fingerprint density at radius 2 is 2.11 bits per heavy atom. The van der Waals surface area contributed by atoms with Crippen molar-refractivity contribution in [3.8, 4) is 11.4 Å². The van der Waals surface area contributed by atoms with Gasteiger partial charge in [0.2, 0.25) is 5.69 Å². The van der Waals surface area contributed by atoms with E-state index in [0.717, 1.165) is 46.1 Å². The van der Waals surface area contributed by atoms with Gasteiger partial charge in [-0.1, -0.05) is 25.5 Å².